The molecular weight excluding hydrogens is 550 g/mol. The summed E-state index contributed by atoms with van der Waals surface area (Å²) in [7, 11) is 0. The minimum atomic E-state index is -1.10. The van der Waals surface area contributed by atoms with Crippen LogP contribution in [0.4, 0.5) is 16.5 Å². The van der Waals surface area contributed by atoms with E-state index in [4.69, 9.17) is 0 Å². The summed E-state index contributed by atoms with van der Waals surface area (Å²) in [5.41, 5.74) is 6.22. The van der Waals surface area contributed by atoms with Crippen molar-refractivity contribution in [3.05, 3.63) is 129 Å². The molecular formula is C32H21N5O4S. The Labute approximate surface area is 243 Å². The number of hydrogen-bond donors (Lipinski definition) is 1. The van der Waals surface area contributed by atoms with Crippen molar-refractivity contribution in [2.45, 2.75) is 11.3 Å². The number of fused-ring (bicyclic) bond motifs is 1. The normalized spacial score (nSPS) is 23.7. The van der Waals surface area contributed by atoms with Crippen LogP contribution in [0, 0.1) is 22.0 Å². The standard InChI is InChI=1S/C32H21N5O4S/c38-29-27-26-18-9-1-3-11-20(18)32(21-12-4-2-10-19(21)26,17-33-35-31-34-22-13-5-8-16-25(22)42-31)28(27)30(39)36(29)23-14-6-7-15-24(23)37(40)41/h1-17,26-28H,(H,34,35)/b33-17-/t26?,27-,28-,32?/m1/s1. The second-order valence-corrected chi connectivity index (χ2v) is 11.7. The molecule has 1 N–H and O–H groups in total. The van der Waals surface area contributed by atoms with Gasteiger partial charge in [0.25, 0.3) is 5.69 Å². The van der Waals surface area contributed by atoms with E-state index in [0.717, 1.165) is 37.4 Å². The van der Waals surface area contributed by atoms with Crippen LogP contribution < -0.4 is 10.3 Å². The van der Waals surface area contributed by atoms with Crippen molar-refractivity contribution in [1.29, 1.82) is 0 Å². The van der Waals surface area contributed by atoms with E-state index in [2.05, 4.69) is 15.5 Å². The van der Waals surface area contributed by atoms with E-state index in [1.165, 1.54) is 29.5 Å². The van der Waals surface area contributed by atoms with Crippen LogP contribution in [0.3, 0.4) is 0 Å². The maximum Gasteiger partial charge on any atom is 0.293 e. The number of benzene rings is 4. The topological polar surface area (TPSA) is 118 Å². The van der Waals surface area contributed by atoms with Crippen LogP contribution >= 0.6 is 11.3 Å². The van der Waals surface area contributed by atoms with Crippen molar-refractivity contribution in [3.8, 4) is 0 Å². The Balaban J connectivity index is 1.33. The van der Waals surface area contributed by atoms with Gasteiger partial charge in [-0.1, -0.05) is 84.1 Å². The Hall–Kier alpha value is -5.22. The number of aromatic nitrogens is 1. The average Bonchev–Trinajstić information content (AvgIpc) is 3.55. The summed E-state index contributed by atoms with van der Waals surface area (Å²) in [6, 6.07) is 29.4. The molecule has 0 saturated carbocycles. The maximum absolute atomic E-state index is 14.5. The molecule has 10 heteroatoms. The molecule has 0 spiro atoms. The Bertz CT molecular complexity index is 1920. The minimum Gasteiger partial charge on any atom is -0.274 e. The molecule has 204 valence electrons. The maximum atomic E-state index is 14.5. The molecule has 9 nitrogen and oxygen atoms in total. The first-order valence-electron chi connectivity index (χ1n) is 13.5. The van der Waals surface area contributed by atoms with Gasteiger partial charge in [0.1, 0.15) is 5.69 Å². The Kier molecular flexibility index (Phi) is 5.20. The molecule has 1 saturated heterocycles. The molecule has 2 atom stereocenters. The van der Waals surface area contributed by atoms with Crippen LogP contribution in [0.25, 0.3) is 10.2 Å². The number of rotatable bonds is 5. The van der Waals surface area contributed by atoms with Crippen molar-refractivity contribution in [2.75, 3.05) is 10.3 Å². The molecule has 1 aromatic heterocycles. The molecule has 0 radical (unpaired) electrons. The first-order valence-corrected chi connectivity index (χ1v) is 14.3. The Morgan fingerprint density at radius 3 is 2.24 bits per heavy atom. The van der Waals surface area contributed by atoms with Gasteiger partial charge in [-0.05, 0) is 40.5 Å². The largest absolute Gasteiger partial charge is 0.293 e. The summed E-state index contributed by atoms with van der Waals surface area (Å²) in [4.78, 5) is 45.8. The van der Waals surface area contributed by atoms with Crippen molar-refractivity contribution in [3.63, 3.8) is 0 Å². The molecule has 2 amide bonds. The predicted molar refractivity (Wildman–Crippen MR) is 160 cm³/mol. The number of anilines is 2. The van der Waals surface area contributed by atoms with Gasteiger partial charge in [0.15, 0.2) is 0 Å². The molecule has 1 aliphatic heterocycles. The van der Waals surface area contributed by atoms with Gasteiger partial charge in [0, 0.05) is 18.2 Å². The lowest BCUT2D eigenvalue weighted by molar-refractivity contribution is -0.384. The monoisotopic (exact) mass is 571 g/mol. The zero-order valence-corrected chi connectivity index (χ0v) is 22.7. The smallest absolute Gasteiger partial charge is 0.274 e. The number of imide groups is 1. The highest BCUT2D eigenvalue weighted by atomic mass is 32.1. The van der Waals surface area contributed by atoms with Gasteiger partial charge >= 0.3 is 0 Å². The second kappa shape index (κ2) is 8.89. The summed E-state index contributed by atoms with van der Waals surface area (Å²) < 4.78 is 1.01. The third kappa shape index (κ3) is 3.18. The number of carbonyl (C=O) groups excluding carboxylic acids is 2. The molecule has 42 heavy (non-hydrogen) atoms. The van der Waals surface area contributed by atoms with Crippen LogP contribution in [0.1, 0.15) is 28.2 Å². The Morgan fingerprint density at radius 2 is 1.52 bits per heavy atom. The first-order chi connectivity index (χ1) is 20.5. The number of nitrogens with zero attached hydrogens (tertiary/aromatic N) is 4. The van der Waals surface area contributed by atoms with E-state index < -0.39 is 34.0 Å². The summed E-state index contributed by atoms with van der Waals surface area (Å²) >= 11 is 1.46. The molecule has 5 aromatic rings. The fraction of sp³-hybridized carbons (Fsp3) is 0.125. The third-order valence-corrected chi connectivity index (χ3v) is 9.67. The highest BCUT2D eigenvalue weighted by molar-refractivity contribution is 7.22. The lowest BCUT2D eigenvalue weighted by atomic mass is 9.47. The first kappa shape index (κ1) is 24.6. The van der Waals surface area contributed by atoms with Crippen molar-refractivity contribution < 1.29 is 14.5 Å². The summed E-state index contributed by atoms with van der Waals surface area (Å²) in [6.07, 6.45) is 1.73. The molecule has 2 heterocycles. The van der Waals surface area contributed by atoms with E-state index >= 15 is 0 Å². The zero-order chi connectivity index (χ0) is 28.6. The molecule has 9 rings (SSSR count). The fourth-order valence-electron chi connectivity index (χ4n) is 7.20. The molecule has 4 aliphatic rings. The van der Waals surface area contributed by atoms with E-state index in [9.17, 15) is 19.7 Å². The van der Waals surface area contributed by atoms with Gasteiger partial charge in [-0.3, -0.25) is 25.1 Å². The van der Waals surface area contributed by atoms with Gasteiger partial charge in [0.2, 0.25) is 16.9 Å². The third-order valence-electron chi connectivity index (χ3n) is 8.73. The van der Waals surface area contributed by atoms with Gasteiger partial charge in [-0.2, -0.15) is 5.10 Å². The number of para-hydroxylation sites is 3. The summed E-state index contributed by atoms with van der Waals surface area (Å²) in [5.74, 6) is -2.89. The van der Waals surface area contributed by atoms with Crippen LogP contribution in [0.2, 0.25) is 0 Å². The quantitative estimate of drug-likeness (QED) is 0.122. The number of carbonyl (C=O) groups is 2. The summed E-state index contributed by atoms with van der Waals surface area (Å²) in [6.45, 7) is 0. The fourth-order valence-corrected chi connectivity index (χ4v) is 8.02. The average molecular weight is 572 g/mol. The highest BCUT2D eigenvalue weighted by Gasteiger charge is 2.68. The number of nitrogens with one attached hydrogen (secondary N) is 1. The highest BCUT2D eigenvalue weighted by Crippen LogP contribution is 2.64. The number of nitro groups is 1. The lowest BCUT2D eigenvalue weighted by Crippen LogP contribution is -2.54. The number of nitro benzene ring substituents is 1. The molecule has 2 bridgehead atoms. The molecule has 4 aromatic carbocycles. The SMILES string of the molecule is O=C1[C@@H]2C3c4ccccc4C(/C=N\Nc4nc5ccccc5s4)(c4ccccc43)[C@H]2C(=O)N1c1ccccc1[N+](=O)[O-]. The van der Waals surface area contributed by atoms with E-state index in [1.54, 1.807) is 12.3 Å². The molecule has 3 aliphatic carbocycles. The Morgan fingerprint density at radius 1 is 0.881 bits per heavy atom. The van der Waals surface area contributed by atoms with Crippen molar-refractivity contribution in [2.24, 2.45) is 16.9 Å². The summed E-state index contributed by atoms with van der Waals surface area (Å²) in [5, 5.41) is 17.2. The molecule has 0 unspecified atom stereocenters. The van der Waals surface area contributed by atoms with E-state index in [-0.39, 0.29) is 17.3 Å². The number of hydrogen-bond acceptors (Lipinski definition) is 8. The van der Waals surface area contributed by atoms with E-state index in [0.29, 0.717) is 5.13 Å². The number of amides is 2. The van der Waals surface area contributed by atoms with Crippen molar-refractivity contribution in [1.82, 2.24) is 4.98 Å². The molecule has 1 fully saturated rings. The van der Waals surface area contributed by atoms with Crippen LogP contribution in [0.5, 0.6) is 0 Å². The van der Waals surface area contributed by atoms with Gasteiger partial charge < -0.3 is 0 Å². The number of thiazole rings is 1. The van der Waals surface area contributed by atoms with E-state index in [1.807, 2.05) is 72.8 Å². The minimum absolute atomic E-state index is 0.0147. The van der Waals surface area contributed by atoms with Crippen molar-refractivity contribution >= 4 is 56.1 Å². The zero-order valence-electron chi connectivity index (χ0n) is 21.9. The second-order valence-electron chi connectivity index (χ2n) is 10.6. The van der Waals surface area contributed by atoms with Crippen LogP contribution in [-0.2, 0) is 15.0 Å². The number of hydrazone groups is 1. The van der Waals surface area contributed by atoms with Crippen LogP contribution in [-0.4, -0.2) is 27.9 Å². The van der Waals surface area contributed by atoms with Crippen LogP contribution in [0.15, 0.2) is 102 Å². The van der Waals surface area contributed by atoms with Gasteiger partial charge in [-0.25, -0.2) is 9.88 Å². The van der Waals surface area contributed by atoms with Gasteiger partial charge in [0.05, 0.1) is 32.4 Å². The predicted octanol–water partition coefficient (Wildman–Crippen LogP) is 5.85. The van der Waals surface area contributed by atoms with Gasteiger partial charge in [-0.15, -0.1) is 0 Å². The lowest BCUT2D eigenvalue weighted by Gasteiger charge is -2.52.